The Kier molecular flexibility index (Phi) is 4.06. The summed E-state index contributed by atoms with van der Waals surface area (Å²) in [5, 5.41) is 1.07. The van der Waals surface area contributed by atoms with E-state index in [1.807, 2.05) is 31.3 Å². The van der Waals surface area contributed by atoms with Gasteiger partial charge in [0, 0.05) is 17.6 Å². The Balaban J connectivity index is 2.26. The third-order valence-electron chi connectivity index (χ3n) is 2.88. The molecule has 0 bridgehead atoms. The van der Waals surface area contributed by atoms with Crippen molar-refractivity contribution >= 4 is 16.9 Å². The molecule has 0 aliphatic heterocycles. The van der Waals surface area contributed by atoms with Crippen molar-refractivity contribution in [2.24, 2.45) is 5.73 Å². The summed E-state index contributed by atoms with van der Waals surface area (Å²) >= 11 is 0. The normalized spacial score (nSPS) is 12.4. The molecule has 5 nitrogen and oxygen atoms in total. The number of methoxy groups -OCH3 is 1. The van der Waals surface area contributed by atoms with Gasteiger partial charge in [0.25, 0.3) is 0 Å². The van der Waals surface area contributed by atoms with Gasteiger partial charge in [-0.25, -0.2) is 4.79 Å². The molecule has 1 unspecified atom stereocenters. The second-order valence-electron chi connectivity index (χ2n) is 4.54. The molecule has 1 aromatic heterocycles. The van der Waals surface area contributed by atoms with Crippen LogP contribution in [0.1, 0.15) is 12.5 Å². The fourth-order valence-corrected chi connectivity index (χ4v) is 2.02. The van der Waals surface area contributed by atoms with Gasteiger partial charge in [0.15, 0.2) is 6.61 Å². The van der Waals surface area contributed by atoms with Gasteiger partial charge in [-0.2, -0.15) is 0 Å². The van der Waals surface area contributed by atoms with Gasteiger partial charge in [0.2, 0.25) is 0 Å². The maximum atomic E-state index is 11.1. The molecular weight excluding hydrogens is 244 g/mol. The van der Waals surface area contributed by atoms with Crippen molar-refractivity contribution in [1.82, 2.24) is 4.98 Å². The zero-order valence-corrected chi connectivity index (χ0v) is 11.1. The molecule has 1 heterocycles. The van der Waals surface area contributed by atoms with Crippen LogP contribution in [0.4, 0.5) is 0 Å². The van der Waals surface area contributed by atoms with Crippen molar-refractivity contribution < 1.29 is 14.3 Å². The van der Waals surface area contributed by atoms with E-state index >= 15 is 0 Å². The van der Waals surface area contributed by atoms with Crippen LogP contribution in [0.3, 0.4) is 0 Å². The van der Waals surface area contributed by atoms with Crippen molar-refractivity contribution in [2.75, 3.05) is 13.7 Å². The lowest BCUT2D eigenvalue weighted by Gasteiger charge is -2.07. The van der Waals surface area contributed by atoms with E-state index in [1.54, 1.807) is 0 Å². The minimum atomic E-state index is -0.403. The van der Waals surface area contributed by atoms with Crippen molar-refractivity contribution in [3.8, 4) is 5.75 Å². The van der Waals surface area contributed by atoms with Crippen molar-refractivity contribution in [1.29, 1.82) is 0 Å². The molecular formula is C14H18N2O3. The van der Waals surface area contributed by atoms with Gasteiger partial charge in [0.1, 0.15) is 5.75 Å². The van der Waals surface area contributed by atoms with E-state index in [9.17, 15) is 4.79 Å². The predicted molar refractivity (Wildman–Crippen MR) is 73.2 cm³/mol. The van der Waals surface area contributed by atoms with Gasteiger partial charge in [-0.1, -0.05) is 12.1 Å². The van der Waals surface area contributed by atoms with Crippen molar-refractivity contribution in [2.45, 2.75) is 19.4 Å². The van der Waals surface area contributed by atoms with Crippen LogP contribution in [0.25, 0.3) is 10.9 Å². The van der Waals surface area contributed by atoms with Crippen molar-refractivity contribution in [3.05, 3.63) is 30.0 Å². The Morgan fingerprint density at radius 3 is 2.95 bits per heavy atom. The summed E-state index contributed by atoms with van der Waals surface area (Å²) in [6, 6.07) is 5.82. The number of nitrogens with two attached hydrogens (primary N) is 1. The van der Waals surface area contributed by atoms with E-state index in [4.69, 9.17) is 10.5 Å². The average molecular weight is 262 g/mol. The maximum Gasteiger partial charge on any atom is 0.343 e. The van der Waals surface area contributed by atoms with Crippen LogP contribution in [-0.2, 0) is 16.0 Å². The highest BCUT2D eigenvalue weighted by atomic mass is 16.6. The zero-order chi connectivity index (χ0) is 13.8. The summed E-state index contributed by atoms with van der Waals surface area (Å²) in [5.74, 6) is 0.234. The topological polar surface area (TPSA) is 77.3 Å². The van der Waals surface area contributed by atoms with Crippen LogP contribution in [-0.4, -0.2) is 30.7 Å². The number of hydrogen-bond donors (Lipinski definition) is 2. The first-order valence-corrected chi connectivity index (χ1v) is 6.16. The number of hydrogen-bond acceptors (Lipinski definition) is 4. The Hall–Kier alpha value is -2.01. The molecule has 0 saturated carbocycles. The molecule has 0 radical (unpaired) electrons. The number of rotatable bonds is 5. The van der Waals surface area contributed by atoms with Crippen LogP contribution in [0.5, 0.6) is 5.75 Å². The minimum absolute atomic E-state index is 0.0960. The molecule has 2 aromatic rings. The number of benzene rings is 1. The molecule has 0 aliphatic rings. The van der Waals surface area contributed by atoms with E-state index in [0.29, 0.717) is 5.75 Å². The number of ether oxygens (including phenoxy) is 2. The van der Waals surface area contributed by atoms with Crippen LogP contribution < -0.4 is 10.5 Å². The number of aromatic nitrogens is 1. The lowest BCUT2D eigenvalue weighted by Crippen LogP contribution is -2.17. The van der Waals surface area contributed by atoms with Gasteiger partial charge in [0.05, 0.1) is 12.6 Å². The molecule has 0 amide bonds. The average Bonchev–Trinajstić information content (AvgIpc) is 2.79. The Bertz CT molecular complexity index is 575. The molecule has 1 aromatic carbocycles. The Morgan fingerprint density at radius 2 is 2.26 bits per heavy atom. The summed E-state index contributed by atoms with van der Waals surface area (Å²) in [5.41, 5.74) is 7.85. The fourth-order valence-electron chi connectivity index (χ4n) is 2.02. The summed E-state index contributed by atoms with van der Waals surface area (Å²) in [7, 11) is 1.33. The summed E-state index contributed by atoms with van der Waals surface area (Å²) in [4.78, 5) is 14.3. The first kappa shape index (κ1) is 13.4. The molecule has 0 aliphatic carbocycles. The number of esters is 1. The van der Waals surface area contributed by atoms with Crippen molar-refractivity contribution in [3.63, 3.8) is 0 Å². The van der Waals surface area contributed by atoms with Gasteiger partial charge in [-0.3, -0.25) is 0 Å². The third kappa shape index (κ3) is 3.06. The SMILES string of the molecule is COC(=O)COc1cccc2c(CC(C)N)c[nH]c12. The third-order valence-corrected chi connectivity index (χ3v) is 2.88. The number of fused-ring (bicyclic) bond motifs is 1. The lowest BCUT2D eigenvalue weighted by atomic mass is 10.1. The highest BCUT2D eigenvalue weighted by Crippen LogP contribution is 2.27. The second kappa shape index (κ2) is 5.75. The Labute approximate surface area is 111 Å². The van der Waals surface area contributed by atoms with Gasteiger partial charge >= 0.3 is 5.97 Å². The summed E-state index contributed by atoms with van der Waals surface area (Å²) in [6.45, 7) is 1.87. The highest BCUT2D eigenvalue weighted by molar-refractivity contribution is 5.88. The second-order valence-corrected chi connectivity index (χ2v) is 4.54. The largest absolute Gasteiger partial charge is 0.480 e. The lowest BCUT2D eigenvalue weighted by molar-refractivity contribution is -0.142. The zero-order valence-electron chi connectivity index (χ0n) is 11.1. The van der Waals surface area contributed by atoms with E-state index in [0.717, 1.165) is 22.9 Å². The molecule has 2 rings (SSSR count). The van der Waals surface area contributed by atoms with Crippen LogP contribution in [0, 0.1) is 0 Å². The number of carbonyl (C=O) groups excluding carboxylic acids is 1. The van der Waals surface area contributed by atoms with E-state index in [2.05, 4.69) is 9.72 Å². The smallest absolute Gasteiger partial charge is 0.343 e. The van der Waals surface area contributed by atoms with Gasteiger partial charge < -0.3 is 20.2 Å². The molecule has 102 valence electrons. The number of carbonyl (C=O) groups is 1. The Morgan fingerprint density at radius 1 is 1.47 bits per heavy atom. The van der Waals surface area contributed by atoms with E-state index in [1.165, 1.54) is 7.11 Å². The van der Waals surface area contributed by atoms with Gasteiger partial charge in [-0.05, 0) is 25.0 Å². The molecule has 0 fully saturated rings. The first-order chi connectivity index (χ1) is 9.11. The molecule has 5 heteroatoms. The predicted octanol–water partition coefficient (Wildman–Crippen LogP) is 1.61. The summed E-state index contributed by atoms with van der Waals surface area (Å²) < 4.78 is 10.0. The molecule has 3 N–H and O–H groups in total. The van der Waals surface area contributed by atoms with Crippen LogP contribution in [0.15, 0.2) is 24.4 Å². The van der Waals surface area contributed by atoms with Crippen LogP contribution >= 0.6 is 0 Å². The number of H-pyrrole nitrogens is 1. The van der Waals surface area contributed by atoms with Crippen LogP contribution in [0.2, 0.25) is 0 Å². The minimum Gasteiger partial charge on any atom is -0.480 e. The number of aromatic amines is 1. The number of para-hydroxylation sites is 1. The molecule has 0 spiro atoms. The maximum absolute atomic E-state index is 11.1. The van der Waals surface area contributed by atoms with E-state index in [-0.39, 0.29) is 12.6 Å². The van der Waals surface area contributed by atoms with Gasteiger partial charge in [-0.15, -0.1) is 0 Å². The quantitative estimate of drug-likeness (QED) is 0.802. The fraction of sp³-hybridized carbons (Fsp3) is 0.357. The first-order valence-electron chi connectivity index (χ1n) is 6.16. The standard InChI is InChI=1S/C14H18N2O3/c1-9(15)6-10-7-16-14-11(10)4-3-5-12(14)19-8-13(17)18-2/h3-5,7,9,16H,6,8,15H2,1-2H3. The molecule has 1 atom stereocenters. The molecule has 19 heavy (non-hydrogen) atoms. The summed E-state index contributed by atoms with van der Waals surface area (Å²) in [6.07, 6.45) is 2.72. The molecule has 0 saturated heterocycles. The number of nitrogens with one attached hydrogen (secondary N) is 1. The van der Waals surface area contributed by atoms with E-state index < -0.39 is 5.97 Å². The monoisotopic (exact) mass is 262 g/mol. The highest BCUT2D eigenvalue weighted by Gasteiger charge is 2.10.